The van der Waals surface area contributed by atoms with Crippen molar-refractivity contribution >= 4 is 0 Å². The van der Waals surface area contributed by atoms with Crippen molar-refractivity contribution in [3.63, 3.8) is 0 Å². The zero-order valence-electron chi connectivity index (χ0n) is 5.46. The predicted molar refractivity (Wildman–Crippen MR) is 32.6 cm³/mol. The second kappa shape index (κ2) is 3.87. The van der Waals surface area contributed by atoms with E-state index in [4.69, 9.17) is 10.2 Å². The van der Waals surface area contributed by atoms with Gasteiger partial charge in [-0.15, -0.1) is 0 Å². The molecule has 0 aliphatic rings. The van der Waals surface area contributed by atoms with Gasteiger partial charge < -0.3 is 10.2 Å². The molecule has 0 amide bonds. The van der Waals surface area contributed by atoms with Crippen molar-refractivity contribution in [2.75, 3.05) is 0 Å². The number of hydrogen-bond donors (Lipinski definition) is 2. The second-order valence-electron chi connectivity index (χ2n) is 2.15. The van der Waals surface area contributed by atoms with Gasteiger partial charge in [-0.1, -0.05) is 6.92 Å². The van der Waals surface area contributed by atoms with Crippen molar-refractivity contribution in [2.24, 2.45) is 0 Å². The van der Waals surface area contributed by atoms with Crippen LogP contribution in [-0.4, -0.2) is 22.4 Å². The summed E-state index contributed by atoms with van der Waals surface area (Å²) in [7, 11) is 0. The molecule has 2 nitrogen and oxygen atoms in total. The molecular formula is C6H14O2. The molecular weight excluding hydrogens is 104 g/mol. The molecule has 0 unspecified atom stereocenters. The number of hydrogen-bond acceptors (Lipinski definition) is 2. The SMILES string of the molecule is CC[C@H](O)C[C@H](C)O. The van der Waals surface area contributed by atoms with Crippen LogP contribution >= 0.6 is 0 Å². The first-order chi connectivity index (χ1) is 3.66. The number of rotatable bonds is 3. The van der Waals surface area contributed by atoms with Gasteiger partial charge in [0.05, 0.1) is 12.2 Å². The summed E-state index contributed by atoms with van der Waals surface area (Å²) in [6.07, 6.45) is 0.529. The van der Waals surface area contributed by atoms with Crippen LogP contribution in [0.3, 0.4) is 0 Å². The van der Waals surface area contributed by atoms with E-state index >= 15 is 0 Å². The fourth-order valence-corrected chi connectivity index (χ4v) is 0.560. The lowest BCUT2D eigenvalue weighted by molar-refractivity contribution is 0.0883. The monoisotopic (exact) mass is 118 g/mol. The van der Waals surface area contributed by atoms with Gasteiger partial charge in [0.1, 0.15) is 0 Å². The van der Waals surface area contributed by atoms with Gasteiger partial charge in [-0.2, -0.15) is 0 Å². The third kappa shape index (κ3) is 4.09. The van der Waals surface area contributed by atoms with Crippen LogP contribution in [0.4, 0.5) is 0 Å². The van der Waals surface area contributed by atoms with E-state index in [1.165, 1.54) is 0 Å². The van der Waals surface area contributed by atoms with Crippen LogP contribution in [0, 0.1) is 0 Å². The average molecular weight is 118 g/mol. The van der Waals surface area contributed by atoms with E-state index < -0.39 is 0 Å². The Morgan fingerprint density at radius 1 is 1.38 bits per heavy atom. The molecule has 0 fully saturated rings. The van der Waals surface area contributed by atoms with E-state index in [0.29, 0.717) is 6.42 Å². The Kier molecular flexibility index (Phi) is 3.83. The van der Waals surface area contributed by atoms with Crippen molar-refractivity contribution in [1.82, 2.24) is 0 Å². The van der Waals surface area contributed by atoms with Crippen LogP contribution < -0.4 is 0 Å². The largest absolute Gasteiger partial charge is 0.393 e. The first-order valence-corrected chi connectivity index (χ1v) is 3.03. The molecule has 0 rings (SSSR count). The molecule has 50 valence electrons. The summed E-state index contributed by atoms with van der Waals surface area (Å²) in [4.78, 5) is 0. The minimum Gasteiger partial charge on any atom is -0.393 e. The molecule has 2 heteroatoms. The molecule has 0 radical (unpaired) electrons. The third-order valence-electron chi connectivity index (χ3n) is 1.08. The predicted octanol–water partition coefficient (Wildman–Crippen LogP) is 0.528. The molecule has 0 aliphatic heterocycles. The molecule has 2 atom stereocenters. The first kappa shape index (κ1) is 7.92. The Morgan fingerprint density at radius 3 is 2.00 bits per heavy atom. The lowest BCUT2D eigenvalue weighted by atomic mass is 10.1. The van der Waals surface area contributed by atoms with Gasteiger partial charge in [0.15, 0.2) is 0 Å². The Balaban J connectivity index is 3.10. The Hall–Kier alpha value is -0.0800. The Bertz CT molecular complexity index is 52.5. The summed E-state index contributed by atoms with van der Waals surface area (Å²) in [6, 6.07) is 0. The molecule has 0 saturated carbocycles. The van der Waals surface area contributed by atoms with Gasteiger partial charge in [-0.25, -0.2) is 0 Å². The lowest BCUT2D eigenvalue weighted by Gasteiger charge is -2.08. The van der Waals surface area contributed by atoms with Gasteiger partial charge in [0.2, 0.25) is 0 Å². The standard InChI is InChI=1S/C6H14O2/c1-3-6(8)4-5(2)7/h5-8H,3-4H2,1-2H3/t5-,6-/m0/s1. The quantitative estimate of drug-likeness (QED) is 0.567. The van der Waals surface area contributed by atoms with Gasteiger partial charge in [-0.3, -0.25) is 0 Å². The van der Waals surface area contributed by atoms with Crippen LogP contribution in [0.1, 0.15) is 26.7 Å². The maximum absolute atomic E-state index is 8.87. The topological polar surface area (TPSA) is 40.5 Å². The molecule has 2 N–H and O–H groups in total. The van der Waals surface area contributed by atoms with Crippen LogP contribution in [0.15, 0.2) is 0 Å². The molecule has 0 spiro atoms. The van der Waals surface area contributed by atoms with E-state index in [0.717, 1.165) is 6.42 Å². The summed E-state index contributed by atoms with van der Waals surface area (Å²) in [5.41, 5.74) is 0. The van der Waals surface area contributed by atoms with Gasteiger partial charge in [0, 0.05) is 0 Å². The maximum atomic E-state index is 8.87. The maximum Gasteiger partial charge on any atom is 0.0562 e. The fraction of sp³-hybridized carbons (Fsp3) is 1.00. The number of aliphatic hydroxyl groups excluding tert-OH is 2. The van der Waals surface area contributed by atoms with Crippen molar-refractivity contribution in [3.8, 4) is 0 Å². The minimum absolute atomic E-state index is 0.324. The fourth-order valence-electron chi connectivity index (χ4n) is 0.560. The highest BCUT2D eigenvalue weighted by Crippen LogP contribution is 1.99. The van der Waals surface area contributed by atoms with Crippen LogP contribution in [0.2, 0.25) is 0 Å². The van der Waals surface area contributed by atoms with E-state index in [-0.39, 0.29) is 12.2 Å². The van der Waals surface area contributed by atoms with Gasteiger partial charge in [0.25, 0.3) is 0 Å². The van der Waals surface area contributed by atoms with Crippen molar-refractivity contribution in [3.05, 3.63) is 0 Å². The van der Waals surface area contributed by atoms with Gasteiger partial charge in [-0.05, 0) is 19.8 Å². The molecule has 0 aliphatic carbocycles. The third-order valence-corrected chi connectivity index (χ3v) is 1.08. The summed E-state index contributed by atoms with van der Waals surface area (Å²) in [5, 5.41) is 17.6. The zero-order chi connectivity index (χ0) is 6.57. The Morgan fingerprint density at radius 2 is 1.88 bits per heavy atom. The van der Waals surface area contributed by atoms with Gasteiger partial charge >= 0.3 is 0 Å². The highest BCUT2D eigenvalue weighted by molar-refractivity contribution is 4.55. The van der Waals surface area contributed by atoms with Crippen molar-refractivity contribution < 1.29 is 10.2 Å². The minimum atomic E-state index is -0.370. The summed E-state index contributed by atoms with van der Waals surface area (Å²) in [6.45, 7) is 3.58. The smallest absolute Gasteiger partial charge is 0.0562 e. The van der Waals surface area contributed by atoms with Crippen LogP contribution in [0.25, 0.3) is 0 Å². The molecule has 0 heterocycles. The van der Waals surface area contributed by atoms with E-state index in [1.54, 1.807) is 6.92 Å². The number of aliphatic hydroxyl groups is 2. The molecule has 0 saturated heterocycles. The van der Waals surface area contributed by atoms with Crippen molar-refractivity contribution in [2.45, 2.75) is 38.9 Å². The average Bonchev–Trinajstić information content (AvgIpc) is 1.65. The second-order valence-corrected chi connectivity index (χ2v) is 2.15. The normalized spacial score (nSPS) is 18.0. The first-order valence-electron chi connectivity index (χ1n) is 3.03. The molecule has 0 aromatic heterocycles. The van der Waals surface area contributed by atoms with E-state index in [2.05, 4.69) is 0 Å². The summed E-state index contributed by atoms with van der Waals surface area (Å²) < 4.78 is 0. The highest BCUT2D eigenvalue weighted by atomic mass is 16.3. The summed E-state index contributed by atoms with van der Waals surface area (Å²) >= 11 is 0. The van der Waals surface area contributed by atoms with E-state index in [1.807, 2.05) is 6.92 Å². The molecule has 0 aromatic rings. The highest BCUT2D eigenvalue weighted by Gasteiger charge is 2.03. The van der Waals surface area contributed by atoms with Crippen molar-refractivity contribution in [1.29, 1.82) is 0 Å². The van der Waals surface area contributed by atoms with Crippen LogP contribution in [0.5, 0.6) is 0 Å². The van der Waals surface area contributed by atoms with E-state index in [9.17, 15) is 0 Å². The summed E-state index contributed by atoms with van der Waals surface area (Å²) in [5.74, 6) is 0. The molecule has 8 heavy (non-hydrogen) atoms. The molecule has 0 aromatic carbocycles. The Labute approximate surface area is 50.2 Å². The lowest BCUT2D eigenvalue weighted by Crippen LogP contribution is -2.13. The zero-order valence-corrected chi connectivity index (χ0v) is 5.46. The van der Waals surface area contributed by atoms with Crippen LogP contribution in [-0.2, 0) is 0 Å². The molecule has 0 bridgehead atoms.